The second kappa shape index (κ2) is 8.68. The smallest absolute Gasteiger partial charge is 0.350 e. The van der Waals surface area contributed by atoms with Gasteiger partial charge in [-0.1, -0.05) is 6.08 Å². The topological polar surface area (TPSA) is 30.5 Å². The molecule has 0 spiro atoms. The number of nitrogens with one attached hydrogen (secondary N) is 1. The fourth-order valence-electron chi connectivity index (χ4n) is 3.45. The van der Waals surface area contributed by atoms with E-state index in [1.807, 2.05) is 0 Å². The van der Waals surface area contributed by atoms with Crippen molar-refractivity contribution < 1.29 is 40.2 Å². The van der Waals surface area contributed by atoms with E-state index in [4.69, 9.17) is 9.47 Å². The van der Waals surface area contributed by atoms with E-state index >= 15 is 0 Å². The molecule has 3 rings (SSSR count). The number of benzene rings is 1. The number of morpholine rings is 1. The van der Waals surface area contributed by atoms with Crippen molar-refractivity contribution in [3.05, 3.63) is 58.9 Å². The summed E-state index contributed by atoms with van der Waals surface area (Å²) < 4.78 is 103. The number of hydrogen-bond donors (Lipinski definition) is 1. The predicted octanol–water partition coefficient (Wildman–Crippen LogP) is 5.55. The van der Waals surface area contributed by atoms with Crippen LogP contribution in [0.15, 0.2) is 42.3 Å². The zero-order chi connectivity index (χ0) is 22.1. The molecule has 2 aliphatic rings. The van der Waals surface area contributed by atoms with Crippen LogP contribution in [0.25, 0.3) is 0 Å². The standard InChI is InChI=1S/C20H20F7NO2/c1-11(13-8-14(19(22,23)24)10-15(9-13)20(25,26)27)30-18-17(28-6-7-29-18)12-2-4-16(21)5-3-12/h2,4-5,8-12,17-18,28H,3,6-7H2,1H3/t11-,12?,17-,18-/m1/s1. The van der Waals surface area contributed by atoms with Crippen molar-refractivity contribution in [1.82, 2.24) is 5.32 Å². The highest BCUT2D eigenvalue weighted by Gasteiger charge is 2.38. The normalized spacial score (nSPS) is 26.4. The lowest BCUT2D eigenvalue weighted by Crippen LogP contribution is -2.53. The van der Waals surface area contributed by atoms with Crippen LogP contribution in [-0.4, -0.2) is 25.5 Å². The summed E-state index contributed by atoms with van der Waals surface area (Å²) in [5.41, 5.74) is -3.08. The van der Waals surface area contributed by atoms with Gasteiger partial charge in [-0.3, -0.25) is 0 Å². The predicted molar refractivity (Wildman–Crippen MR) is 93.9 cm³/mol. The lowest BCUT2D eigenvalue weighted by atomic mass is 9.91. The highest BCUT2D eigenvalue weighted by atomic mass is 19.4. The molecular weight excluding hydrogens is 419 g/mol. The van der Waals surface area contributed by atoms with E-state index in [9.17, 15) is 30.7 Å². The fraction of sp³-hybridized carbons (Fsp3) is 0.500. The third-order valence-corrected chi connectivity index (χ3v) is 5.02. The van der Waals surface area contributed by atoms with Crippen LogP contribution in [0.5, 0.6) is 0 Å². The number of halogens is 7. The maximum Gasteiger partial charge on any atom is 0.416 e. The minimum atomic E-state index is -4.94. The molecule has 1 heterocycles. The van der Waals surface area contributed by atoms with Crippen LogP contribution < -0.4 is 5.32 Å². The van der Waals surface area contributed by atoms with Gasteiger partial charge < -0.3 is 14.8 Å². The number of allylic oxidation sites excluding steroid dienone is 3. The van der Waals surface area contributed by atoms with E-state index < -0.39 is 41.9 Å². The Morgan fingerprint density at radius 2 is 1.70 bits per heavy atom. The number of ether oxygens (including phenoxy) is 2. The maximum absolute atomic E-state index is 13.2. The first-order chi connectivity index (χ1) is 13.9. The quantitative estimate of drug-likeness (QED) is 0.625. The van der Waals surface area contributed by atoms with Crippen LogP contribution in [-0.2, 0) is 21.8 Å². The first-order valence-electron chi connectivity index (χ1n) is 9.29. The number of rotatable bonds is 4. The van der Waals surface area contributed by atoms with Crippen molar-refractivity contribution in [3.63, 3.8) is 0 Å². The van der Waals surface area contributed by atoms with Crippen molar-refractivity contribution in [2.45, 2.75) is 44.1 Å². The molecular formula is C20H20F7NO2. The molecule has 1 fully saturated rings. The Morgan fingerprint density at radius 3 is 2.23 bits per heavy atom. The van der Waals surface area contributed by atoms with Crippen molar-refractivity contribution in [3.8, 4) is 0 Å². The van der Waals surface area contributed by atoms with Gasteiger partial charge in [-0.25, -0.2) is 4.39 Å². The highest BCUT2D eigenvalue weighted by Crippen LogP contribution is 2.38. The molecule has 0 aromatic heterocycles. The van der Waals surface area contributed by atoms with Crippen LogP contribution in [0, 0.1) is 5.92 Å². The average molecular weight is 439 g/mol. The summed E-state index contributed by atoms with van der Waals surface area (Å²) in [5, 5.41) is 3.17. The minimum Gasteiger partial charge on any atom is -0.350 e. The summed E-state index contributed by atoms with van der Waals surface area (Å²) in [6.07, 6.45) is -7.23. The first-order valence-corrected chi connectivity index (χ1v) is 9.29. The molecule has 3 nitrogen and oxygen atoms in total. The Labute approximate surface area is 168 Å². The van der Waals surface area contributed by atoms with Crippen LogP contribution in [0.4, 0.5) is 30.7 Å². The molecule has 0 bridgehead atoms. The SMILES string of the molecule is C[C@@H](O[C@H]1OCCN[C@@H]1C1C=CC(F)=CC1)c1cc(C(F)(F)F)cc(C(F)(F)F)c1. The molecule has 1 saturated heterocycles. The van der Waals surface area contributed by atoms with Gasteiger partial charge in [0.1, 0.15) is 5.83 Å². The molecule has 1 aliphatic carbocycles. The van der Waals surface area contributed by atoms with E-state index in [-0.39, 0.29) is 30.0 Å². The minimum absolute atomic E-state index is 0.0748. The van der Waals surface area contributed by atoms with E-state index in [1.54, 1.807) is 6.08 Å². The summed E-state index contributed by atoms with van der Waals surface area (Å²) >= 11 is 0. The van der Waals surface area contributed by atoms with Crippen molar-refractivity contribution in [2.24, 2.45) is 5.92 Å². The Kier molecular flexibility index (Phi) is 6.59. The fourth-order valence-corrected chi connectivity index (χ4v) is 3.45. The second-order valence-corrected chi connectivity index (χ2v) is 7.18. The van der Waals surface area contributed by atoms with Crippen LogP contribution in [0.3, 0.4) is 0 Å². The summed E-state index contributed by atoms with van der Waals surface area (Å²) in [7, 11) is 0. The number of hydrogen-bond acceptors (Lipinski definition) is 3. The van der Waals surface area contributed by atoms with Gasteiger partial charge in [-0.2, -0.15) is 26.3 Å². The number of alkyl halides is 6. The maximum atomic E-state index is 13.2. The zero-order valence-corrected chi connectivity index (χ0v) is 15.9. The molecule has 0 radical (unpaired) electrons. The molecule has 0 saturated carbocycles. The summed E-state index contributed by atoms with van der Waals surface area (Å²) in [6, 6.07) is 0.925. The summed E-state index contributed by atoms with van der Waals surface area (Å²) in [6.45, 7) is 2.10. The molecule has 30 heavy (non-hydrogen) atoms. The van der Waals surface area contributed by atoms with Gasteiger partial charge in [0.25, 0.3) is 0 Å². The van der Waals surface area contributed by atoms with Gasteiger partial charge in [0.15, 0.2) is 6.29 Å². The third-order valence-electron chi connectivity index (χ3n) is 5.02. The Balaban J connectivity index is 1.83. The average Bonchev–Trinajstić information content (AvgIpc) is 2.67. The van der Waals surface area contributed by atoms with Gasteiger partial charge in [-0.15, -0.1) is 0 Å². The van der Waals surface area contributed by atoms with Gasteiger partial charge in [-0.05, 0) is 49.3 Å². The second-order valence-electron chi connectivity index (χ2n) is 7.18. The zero-order valence-electron chi connectivity index (χ0n) is 15.9. The van der Waals surface area contributed by atoms with E-state index in [0.717, 1.165) is 0 Å². The van der Waals surface area contributed by atoms with Crippen molar-refractivity contribution >= 4 is 0 Å². The molecule has 166 valence electrons. The lowest BCUT2D eigenvalue weighted by Gasteiger charge is -2.38. The van der Waals surface area contributed by atoms with Crippen LogP contribution in [0.2, 0.25) is 0 Å². The van der Waals surface area contributed by atoms with Crippen LogP contribution in [0.1, 0.15) is 36.1 Å². The van der Waals surface area contributed by atoms with Gasteiger partial charge in [0.2, 0.25) is 0 Å². The van der Waals surface area contributed by atoms with E-state index in [2.05, 4.69) is 5.32 Å². The highest BCUT2D eigenvalue weighted by molar-refractivity contribution is 5.34. The monoisotopic (exact) mass is 439 g/mol. The van der Waals surface area contributed by atoms with Gasteiger partial charge in [0, 0.05) is 12.5 Å². The Bertz CT molecular complexity index is 784. The van der Waals surface area contributed by atoms with E-state index in [0.29, 0.717) is 25.1 Å². The van der Waals surface area contributed by atoms with Gasteiger partial charge >= 0.3 is 12.4 Å². The molecule has 4 atom stereocenters. The molecule has 1 aromatic carbocycles. The summed E-state index contributed by atoms with van der Waals surface area (Å²) in [4.78, 5) is 0. The summed E-state index contributed by atoms with van der Waals surface area (Å²) in [5.74, 6) is -0.577. The van der Waals surface area contributed by atoms with Crippen molar-refractivity contribution in [1.29, 1.82) is 0 Å². The van der Waals surface area contributed by atoms with E-state index in [1.165, 1.54) is 19.1 Å². The third kappa shape index (κ3) is 5.41. The van der Waals surface area contributed by atoms with Gasteiger partial charge in [0.05, 0.1) is 29.9 Å². The molecule has 1 aliphatic heterocycles. The van der Waals surface area contributed by atoms with Crippen LogP contribution >= 0.6 is 0 Å². The molecule has 1 unspecified atom stereocenters. The Morgan fingerprint density at radius 1 is 1.07 bits per heavy atom. The van der Waals surface area contributed by atoms with Crippen molar-refractivity contribution in [2.75, 3.05) is 13.2 Å². The first kappa shape index (κ1) is 22.8. The molecule has 0 amide bonds. The molecule has 1 aromatic rings. The molecule has 10 heteroatoms. The molecule has 1 N–H and O–H groups in total. The largest absolute Gasteiger partial charge is 0.416 e. The Hall–Kier alpha value is -1.91. The lowest BCUT2D eigenvalue weighted by molar-refractivity contribution is -0.204.